The number of aromatic nitrogens is 1. The minimum atomic E-state index is -4.31. The lowest BCUT2D eigenvalue weighted by molar-refractivity contribution is -0.215. The van der Waals surface area contributed by atoms with E-state index in [2.05, 4.69) is 4.98 Å². The second-order valence-electron chi connectivity index (χ2n) is 5.21. The summed E-state index contributed by atoms with van der Waals surface area (Å²) < 4.78 is 42.6. The topological polar surface area (TPSA) is 22.1 Å². The molecule has 0 aliphatic heterocycles. The number of halogens is 3. The Morgan fingerprint density at radius 3 is 2.47 bits per heavy atom. The van der Waals surface area contributed by atoms with Crippen LogP contribution >= 0.6 is 0 Å². The highest BCUT2D eigenvalue weighted by atomic mass is 19.4. The molecule has 106 valence electrons. The van der Waals surface area contributed by atoms with Crippen LogP contribution in [-0.4, -0.2) is 17.8 Å². The van der Waals surface area contributed by atoms with E-state index < -0.39 is 18.4 Å². The summed E-state index contributed by atoms with van der Waals surface area (Å²) in [4.78, 5) is 4.20. The monoisotopic (exact) mass is 273 g/mol. The van der Waals surface area contributed by atoms with Crippen LogP contribution in [0.1, 0.15) is 38.3 Å². The van der Waals surface area contributed by atoms with Gasteiger partial charge < -0.3 is 4.74 Å². The molecule has 0 radical (unpaired) electrons. The van der Waals surface area contributed by atoms with E-state index >= 15 is 0 Å². The third-order valence-electron chi connectivity index (χ3n) is 3.84. The number of rotatable bonds is 4. The molecule has 1 saturated carbocycles. The molecular weight excluding hydrogens is 255 g/mol. The fourth-order valence-electron chi connectivity index (χ4n) is 2.77. The molecule has 0 aromatic carbocycles. The molecule has 19 heavy (non-hydrogen) atoms. The number of nitrogens with zero attached hydrogens (tertiary/aromatic N) is 1. The average molecular weight is 273 g/mol. The van der Waals surface area contributed by atoms with Crippen molar-refractivity contribution < 1.29 is 17.9 Å². The van der Waals surface area contributed by atoms with Crippen LogP contribution in [-0.2, 0) is 10.3 Å². The van der Waals surface area contributed by atoms with E-state index in [1.165, 1.54) is 0 Å². The van der Waals surface area contributed by atoms with Crippen LogP contribution in [0, 0.1) is 5.92 Å². The standard InChI is InChI=1S/C14H18F3NO/c1-13(11-6-2-3-7-11,19-10-14(15,16)17)12-8-4-5-9-18-12/h4-5,8-9,11H,2-3,6-7,10H2,1H3. The van der Waals surface area contributed by atoms with Crippen molar-refractivity contribution in [1.29, 1.82) is 0 Å². The Labute approximate surface area is 111 Å². The third kappa shape index (κ3) is 3.47. The van der Waals surface area contributed by atoms with Crippen molar-refractivity contribution in [2.45, 2.75) is 44.4 Å². The molecule has 1 unspecified atom stereocenters. The Balaban J connectivity index is 2.22. The first kappa shape index (κ1) is 14.3. The van der Waals surface area contributed by atoms with Gasteiger partial charge in [0.2, 0.25) is 0 Å². The van der Waals surface area contributed by atoms with E-state index in [4.69, 9.17) is 4.74 Å². The van der Waals surface area contributed by atoms with Crippen LogP contribution in [0.15, 0.2) is 24.4 Å². The predicted octanol–water partition coefficient (Wildman–Crippen LogP) is 4.07. The molecule has 1 atom stereocenters. The number of hydrogen-bond acceptors (Lipinski definition) is 2. The summed E-state index contributed by atoms with van der Waals surface area (Å²) in [6.07, 6.45) is 1.16. The van der Waals surface area contributed by atoms with E-state index in [1.807, 2.05) is 0 Å². The van der Waals surface area contributed by atoms with Crippen LogP contribution in [0.2, 0.25) is 0 Å². The molecular formula is C14H18F3NO. The molecule has 2 nitrogen and oxygen atoms in total. The van der Waals surface area contributed by atoms with Gasteiger partial charge in [0, 0.05) is 6.20 Å². The SMILES string of the molecule is CC(OCC(F)(F)F)(c1ccccn1)C1CCCC1. The zero-order valence-corrected chi connectivity index (χ0v) is 10.9. The third-order valence-corrected chi connectivity index (χ3v) is 3.84. The minimum Gasteiger partial charge on any atom is -0.359 e. The Kier molecular flexibility index (Phi) is 4.13. The number of alkyl halides is 3. The molecule has 0 spiro atoms. The van der Waals surface area contributed by atoms with Gasteiger partial charge in [-0.1, -0.05) is 18.9 Å². The lowest BCUT2D eigenvalue weighted by Gasteiger charge is -2.35. The maximum atomic E-state index is 12.4. The van der Waals surface area contributed by atoms with Crippen molar-refractivity contribution in [2.24, 2.45) is 5.92 Å². The summed E-state index contributed by atoms with van der Waals surface area (Å²) in [5, 5.41) is 0. The fourth-order valence-corrected chi connectivity index (χ4v) is 2.77. The van der Waals surface area contributed by atoms with E-state index in [1.54, 1.807) is 31.3 Å². The average Bonchev–Trinajstić information content (AvgIpc) is 2.90. The smallest absolute Gasteiger partial charge is 0.359 e. The molecule has 1 fully saturated rings. The second kappa shape index (κ2) is 5.49. The Bertz CT molecular complexity index is 401. The Morgan fingerprint density at radius 1 is 1.26 bits per heavy atom. The minimum absolute atomic E-state index is 0.102. The van der Waals surface area contributed by atoms with Crippen molar-refractivity contribution in [3.63, 3.8) is 0 Å². The first-order valence-electron chi connectivity index (χ1n) is 6.54. The zero-order chi connectivity index (χ0) is 13.9. The molecule has 1 aromatic heterocycles. The van der Waals surface area contributed by atoms with Gasteiger partial charge in [-0.25, -0.2) is 0 Å². The van der Waals surface area contributed by atoms with Crippen LogP contribution < -0.4 is 0 Å². The molecule has 0 saturated heterocycles. The van der Waals surface area contributed by atoms with Gasteiger partial charge in [0.1, 0.15) is 12.2 Å². The van der Waals surface area contributed by atoms with Gasteiger partial charge in [-0.2, -0.15) is 13.2 Å². The van der Waals surface area contributed by atoms with Gasteiger partial charge in [-0.15, -0.1) is 0 Å². The molecule has 5 heteroatoms. The molecule has 0 N–H and O–H groups in total. The molecule has 1 heterocycles. The summed E-state index contributed by atoms with van der Waals surface area (Å²) in [6, 6.07) is 5.28. The number of ether oxygens (including phenoxy) is 1. The molecule has 0 bridgehead atoms. The number of pyridine rings is 1. The van der Waals surface area contributed by atoms with Crippen molar-refractivity contribution in [2.75, 3.05) is 6.61 Å². The normalized spacial score (nSPS) is 20.4. The predicted molar refractivity (Wildman–Crippen MR) is 65.6 cm³/mol. The van der Waals surface area contributed by atoms with Crippen LogP contribution in [0.5, 0.6) is 0 Å². The highest BCUT2D eigenvalue weighted by Gasteiger charge is 2.42. The van der Waals surface area contributed by atoms with E-state index in [0.717, 1.165) is 25.7 Å². The highest BCUT2D eigenvalue weighted by molar-refractivity contribution is 5.14. The second-order valence-corrected chi connectivity index (χ2v) is 5.21. The van der Waals surface area contributed by atoms with Crippen molar-refractivity contribution in [3.8, 4) is 0 Å². The largest absolute Gasteiger partial charge is 0.411 e. The van der Waals surface area contributed by atoms with Gasteiger partial charge in [0.25, 0.3) is 0 Å². The summed E-state index contributed by atoms with van der Waals surface area (Å²) in [5.74, 6) is 0.102. The van der Waals surface area contributed by atoms with Gasteiger partial charge in [0.05, 0.1) is 5.69 Å². The lowest BCUT2D eigenvalue weighted by Crippen LogP contribution is -2.38. The quantitative estimate of drug-likeness (QED) is 0.825. The Morgan fingerprint density at radius 2 is 1.95 bits per heavy atom. The van der Waals surface area contributed by atoms with Crippen LogP contribution in [0.3, 0.4) is 0 Å². The Hall–Kier alpha value is -1.10. The molecule has 1 aliphatic carbocycles. The first-order valence-corrected chi connectivity index (χ1v) is 6.54. The lowest BCUT2D eigenvalue weighted by atomic mass is 9.84. The van der Waals surface area contributed by atoms with E-state index in [0.29, 0.717) is 5.69 Å². The van der Waals surface area contributed by atoms with Crippen molar-refractivity contribution in [3.05, 3.63) is 30.1 Å². The zero-order valence-electron chi connectivity index (χ0n) is 10.9. The van der Waals surface area contributed by atoms with Gasteiger partial charge in [-0.05, 0) is 37.8 Å². The van der Waals surface area contributed by atoms with Crippen LogP contribution in [0.25, 0.3) is 0 Å². The first-order chi connectivity index (χ1) is 8.92. The van der Waals surface area contributed by atoms with Crippen LogP contribution in [0.4, 0.5) is 13.2 Å². The summed E-state index contributed by atoms with van der Waals surface area (Å²) in [6.45, 7) is 0.508. The molecule has 1 aliphatic rings. The van der Waals surface area contributed by atoms with Gasteiger partial charge >= 0.3 is 6.18 Å². The maximum Gasteiger partial charge on any atom is 0.411 e. The molecule has 0 amide bonds. The maximum absolute atomic E-state index is 12.4. The van der Waals surface area contributed by atoms with Crippen molar-refractivity contribution in [1.82, 2.24) is 4.98 Å². The summed E-state index contributed by atoms with van der Waals surface area (Å²) in [5.41, 5.74) is -0.362. The highest BCUT2D eigenvalue weighted by Crippen LogP contribution is 2.43. The molecule has 2 rings (SSSR count). The van der Waals surface area contributed by atoms with E-state index in [-0.39, 0.29) is 5.92 Å². The van der Waals surface area contributed by atoms with Gasteiger partial charge in [0.15, 0.2) is 0 Å². The number of hydrogen-bond donors (Lipinski definition) is 0. The van der Waals surface area contributed by atoms with Crippen molar-refractivity contribution >= 4 is 0 Å². The van der Waals surface area contributed by atoms with Gasteiger partial charge in [-0.3, -0.25) is 4.98 Å². The van der Waals surface area contributed by atoms with E-state index in [9.17, 15) is 13.2 Å². The molecule has 1 aromatic rings. The fraction of sp³-hybridized carbons (Fsp3) is 0.643. The summed E-state index contributed by atoms with van der Waals surface area (Å²) >= 11 is 0. The summed E-state index contributed by atoms with van der Waals surface area (Å²) in [7, 11) is 0.